The lowest BCUT2D eigenvalue weighted by atomic mass is 10.1. The predicted octanol–water partition coefficient (Wildman–Crippen LogP) is 14.4. The zero-order valence-electron chi connectivity index (χ0n) is 32.9. The Morgan fingerprint density at radius 3 is 0.396 bits per heavy atom. The molecular weight excluding hydrogens is 596 g/mol. The normalized spacial score (nSPS) is 18.8. The molecular formula is C43H84O5. The molecule has 286 valence electrons. The molecule has 0 heterocycles. The number of carbonyl (C=O) groups is 2. The molecule has 3 rings (SSSR count). The van der Waals surface area contributed by atoms with Crippen LogP contribution in [0.25, 0.3) is 0 Å². The van der Waals surface area contributed by atoms with Gasteiger partial charge in [-0.05, 0) is 13.8 Å². The van der Waals surface area contributed by atoms with Gasteiger partial charge in [-0.25, -0.2) is 9.59 Å². The van der Waals surface area contributed by atoms with Crippen LogP contribution in [0.15, 0.2) is 24.3 Å². The van der Waals surface area contributed by atoms with Crippen LogP contribution in [0.1, 0.15) is 226 Å². The van der Waals surface area contributed by atoms with E-state index in [1.807, 2.05) is 0 Å². The molecule has 0 saturated heterocycles. The summed E-state index contributed by atoms with van der Waals surface area (Å²) in [5, 5.41) is 15.8. The van der Waals surface area contributed by atoms with Crippen molar-refractivity contribution in [3.05, 3.63) is 24.3 Å². The fourth-order valence-corrected chi connectivity index (χ4v) is 5.83. The smallest absolute Gasteiger partial charge is 0.330 e. The van der Waals surface area contributed by atoms with Gasteiger partial charge in [-0.3, -0.25) is 0 Å². The molecule has 3 saturated carbocycles. The number of carboxylic acids is 2. The molecule has 0 unspecified atom stereocenters. The largest absolute Gasteiger partial charge is 0.478 e. The Labute approximate surface area is 300 Å². The van der Waals surface area contributed by atoms with Gasteiger partial charge in [0.15, 0.2) is 0 Å². The summed E-state index contributed by atoms with van der Waals surface area (Å²) < 4.78 is 4.25. The first-order valence-corrected chi connectivity index (χ1v) is 20.4. The Balaban J connectivity index is -0.000000528. The van der Waals surface area contributed by atoms with Crippen molar-refractivity contribution in [1.82, 2.24) is 0 Å². The maximum atomic E-state index is 9.60. The molecule has 0 aromatic heterocycles. The molecule has 0 aromatic carbocycles. The summed E-state index contributed by atoms with van der Waals surface area (Å²) >= 11 is 0. The topological polar surface area (TPSA) is 83.8 Å². The van der Waals surface area contributed by atoms with E-state index >= 15 is 0 Å². The van der Waals surface area contributed by atoms with Gasteiger partial charge in [0.25, 0.3) is 0 Å². The minimum absolute atomic E-state index is 0.176. The molecule has 5 nitrogen and oxygen atoms in total. The van der Waals surface area contributed by atoms with Crippen molar-refractivity contribution >= 4 is 11.9 Å². The van der Waals surface area contributed by atoms with E-state index in [4.69, 9.17) is 10.2 Å². The van der Waals surface area contributed by atoms with Gasteiger partial charge in [-0.2, -0.15) is 0 Å². The summed E-state index contributed by atoms with van der Waals surface area (Å²) in [5.74, 6) is -1.87. The third-order valence-electron chi connectivity index (χ3n) is 8.98. The zero-order chi connectivity index (χ0) is 36.4. The first kappa shape index (κ1) is 50.8. The van der Waals surface area contributed by atoms with Gasteiger partial charge in [0, 0.05) is 25.4 Å². The van der Waals surface area contributed by atoms with E-state index in [2.05, 4.69) is 17.9 Å². The second kappa shape index (κ2) is 45.4. The van der Waals surface area contributed by atoms with Crippen LogP contribution in [0, 0.1) is 0 Å². The van der Waals surface area contributed by atoms with E-state index in [1.165, 1.54) is 226 Å². The lowest BCUT2D eigenvalue weighted by Gasteiger charge is -1.97. The minimum Gasteiger partial charge on any atom is -0.478 e. The molecule has 5 heteroatoms. The van der Waals surface area contributed by atoms with Crippen LogP contribution < -0.4 is 0 Å². The average molecular weight is 681 g/mol. The molecule has 3 fully saturated rings. The van der Waals surface area contributed by atoms with E-state index < -0.39 is 11.9 Å². The lowest BCUT2D eigenvalue weighted by Crippen LogP contribution is -1.92. The van der Waals surface area contributed by atoms with Crippen molar-refractivity contribution in [2.45, 2.75) is 226 Å². The number of rotatable bonds is 2. The zero-order valence-corrected chi connectivity index (χ0v) is 32.9. The number of ether oxygens (including phenoxy) is 1. The highest BCUT2D eigenvalue weighted by molar-refractivity contribution is 5.85. The van der Waals surface area contributed by atoms with Crippen molar-refractivity contribution in [2.24, 2.45) is 0 Å². The summed E-state index contributed by atoms with van der Waals surface area (Å²) in [6, 6.07) is 0. The van der Waals surface area contributed by atoms with Gasteiger partial charge in [0.1, 0.15) is 0 Å². The third-order valence-corrected chi connectivity index (χ3v) is 8.98. The van der Waals surface area contributed by atoms with Crippen LogP contribution >= 0.6 is 0 Å². The van der Waals surface area contributed by atoms with Crippen LogP contribution in [0.3, 0.4) is 0 Å². The second-order valence-corrected chi connectivity index (χ2v) is 14.2. The van der Waals surface area contributed by atoms with Gasteiger partial charge < -0.3 is 14.9 Å². The van der Waals surface area contributed by atoms with Gasteiger partial charge in [-0.15, -0.1) is 0 Å². The number of aliphatic carboxylic acids is 2. The summed E-state index contributed by atoms with van der Waals surface area (Å²) in [6.07, 6.45) is 49.5. The van der Waals surface area contributed by atoms with E-state index in [0.717, 1.165) is 0 Å². The van der Waals surface area contributed by atoms with Gasteiger partial charge in [0.2, 0.25) is 0 Å². The maximum absolute atomic E-state index is 9.60. The standard InChI is InChI=1S/3C11H22.2C4H6O2.C2H6O/c3*1-2-4-6-8-10-11-9-7-5-3-1;2*1-3(2)4(5)6;1-3-2/h3*1-11H2;2*1H2,2H3,(H,5,6);1-2H3. The molecule has 0 amide bonds. The quantitative estimate of drug-likeness (QED) is 0.284. The van der Waals surface area contributed by atoms with Crippen LogP contribution in [0.2, 0.25) is 0 Å². The van der Waals surface area contributed by atoms with Crippen molar-refractivity contribution < 1.29 is 24.5 Å². The molecule has 3 aliphatic rings. The van der Waals surface area contributed by atoms with E-state index in [-0.39, 0.29) is 11.1 Å². The SMILES string of the molecule is C1CCCCCCCCCC1.C1CCCCCCCCCC1.C1CCCCCCCCCC1.C=C(C)C(=O)O.C=C(C)C(=O)O.COC. The second-order valence-electron chi connectivity index (χ2n) is 14.2. The first-order chi connectivity index (χ1) is 23.2. The molecule has 0 bridgehead atoms. The fourth-order valence-electron chi connectivity index (χ4n) is 5.83. The molecule has 0 spiro atoms. The molecule has 0 aliphatic heterocycles. The lowest BCUT2D eigenvalue weighted by molar-refractivity contribution is -0.133. The van der Waals surface area contributed by atoms with Crippen molar-refractivity contribution in [1.29, 1.82) is 0 Å². The Bertz CT molecular complexity index is 472. The highest BCUT2D eigenvalue weighted by atomic mass is 16.4. The summed E-state index contributed by atoms with van der Waals surface area (Å²) in [4.78, 5) is 19.2. The Hall–Kier alpha value is -1.62. The average Bonchev–Trinajstić information content (AvgIpc) is 3.23. The fraction of sp³-hybridized carbons (Fsp3) is 0.860. The Kier molecular flexibility index (Phi) is 48.0. The Morgan fingerprint density at radius 2 is 0.375 bits per heavy atom. The van der Waals surface area contributed by atoms with Crippen LogP contribution in [0.4, 0.5) is 0 Å². The highest BCUT2D eigenvalue weighted by Crippen LogP contribution is 2.18. The van der Waals surface area contributed by atoms with Crippen molar-refractivity contribution in [3.63, 3.8) is 0 Å². The Morgan fingerprint density at radius 1 is 0.333 bits per heavy atom. The van der Waals surface area contributed by atoms with Gasteiger partial charge in [-0.1, -0.05) is 225 Å². The van der Waals surface area contributed by atoms with Crippen LogP contribution in [-0.4, -0.2) is 36.4 Å². The number of hydrogen-bond acceptors (Lipinski definition) is 3. The number of hydrogen-bond donors (Lipinski definition) is 2. The molecule has 0 radical (unpaired) electrons. The molecule has 2 N–H and O–H groups in total. The van der Waals surface area contributed by atoms with E-state index in [1.54, 1.807) is 14.2 Å². The highest BCUT2D eigenvalue weighted by Gasteiger charge is 1.98. The predicted molar refractivity (Wildman–Crippen MR) is 210 cm³/mol. The maximum Gasteiger partial charge on any atom is 0.330 e. The summed E-state index contributed by atoms with van der Waals surface area (Å²) in [6.45, 7) is 9.20. The van der Waals surface area contributed by atoms with E-state index in [9.17, 15) is 9.59 Å². The van der Waals surface area contributed by atoms with E-state index in [0.29, 0.717) is 0 Å². The monoisotopic (exact) mass is 681 g/mol. The molecule has 48 heavy (non-hydrogen) atoms. The molecule has 3 aliphatic carbocycles. The van der Waals surface area contributed by atoms with Gasteiger partial charge >= 0.3 is 11.9 Å². The minimum atomic E-state index is -0.935. The van der Waals surface area contributed by atoms with Crippen molar-refractivity contribution in [2.75, 3.05) is 14.2 Å². The molecule has 0 aromatic rings. The summed E-state index contributed by atoms with van der Waals surface area (Å²) in [5.41, 5.74) is 0.352. The van der Waals surface area contributed by atoms with Crippen molar-refractivity contribution in [3.8, 4) is 0 Å². The number of carboxylic acid groups (broad SMARTS) is 2. The third kappa shape index (κ3) is 53.9. The van der Waals surface area contributed by atoms with Crippen LogP contribution in [0.5, 0.6) is 0 Å². The molecule has 0 atom stereocenters. The van der Waals surface area contributed by atoms with Gasteiger partial charge in [0.05, 0.1) is 0 Å². The first-order valence-electron chi connectivity index (χ1n) is 20.4. The number of methoxy groups -OCH3 is 1. The summed E-state index contributed by atoms with van der Waals surface area (Å²) in [7, 11) is 3.25. The van der Waals surface area contributed by atoms with Crippen LogP contribution in [-0.2, 0) is 14.3 Å².